The van der Waals surface area contributed by atoms with Gasteiger partial charge in [-0.2, -0.15) is 5.10 Å². The summed E-state index contributed by atoms with van der Waals surface area (Å²) in [7, 11) is 0. The van der Waals surface area contributed by atoms with Crippen molar-refractivity contribution in [2.75, 3.05) is 0 Å². The second kappa shape index (κ2) is 4.68. The van der Waals surface area contributed by atoms with Crippen molar-refractivity contribution in [3.8, 4) is 5.75 Å². The van der Waals surface area contributed by atoms with Gasteiger partial charge in [0.05, 0.1) is 11.1 Å². The third kappa shape index (κ3) is 2.23. The number of nitrogens with zero attached hydrogens (tertiary/aromatic N) is 1. The van der Waals surface area contributed by atoms with Crippen LogP contribution in [0.2, 0.25) is 0 Å². The number of rotatable bonds is 3. The zero-order valence-electron chi connectivity index (χ0n) is 11.1. The average molecular weight is 258 g/mol. The lowest BCUT2D eigenvalue weighted by atomic mass is 9.98. The normalized spacial score (nSPS) is 16.3. The molecule has 0 spiro atoms. The summed E-state index contributed by atoms with van der Waals surface area (Å²) in [6.07, 6.45) is 6.17. The molecule has 0 saturated heterocycles. The van der Waals surface area contributed by atoms with Gasteiger partial charge in [0, 0.05) is 17.1 Å². The molecule has 0 amide bonds. The van der Waals surface area contributed by atoms with Crippen LogP contribution in [-0.2, 0) is 6.42 Å². The molecule has 3 rings (SSSR count). The SMILES string of the molecule is CC(=O)c1cc2c(CC3CCCC3)[nH]nc2cc1O. The fraction of sp³-hybridized carbons (Fsp3) is 0.467. The van der Waals surface area contributed by atoms with E-state index in [-0.39, 0.29) is 11.5 Å². The van der Waals surface area contributed by atoms with Crippen LogP contribution in [0.4, 0.5) is 0 Å². The monoisotopic (exact) mass is 258 g/mol. The Bertz CT molecular complexity index is 624. The highest BCUT2D eigenvalue weighted by atomic mass is 16.3. The topological polar surface area (TPSA) is 66.0 Å². The van der Waals surface area contributed by atoms with Crippen LogP contribution < -0.4 is 0 Å². The molecule has 1 aromatic carbocycles. The third-order valence-corrected chi connectivity index (χ3v) is 4.10. The molecule has 1 aromatic heterocycles. The van der Waals surface area contributed by atoms with E-state index in [1.165, 1.54) is 32.6 Å². The van der Waals surface area contributed by atoms with Gasteiger partial charge in [-0.3, -0.25) is 9.89 Å². The first-order chi connectivity index (χ1) is 9.15. The number of phenols is 1. The van der Waals surface area contributed by atoms with Crippen molar-refractivity contribution in [3.63, 3.8) is 0 Å². The van der Waals surface area contributed by atoms with Gasteiger partial charge in [0.2, 0.25) is 0 Å². The van der Waals surface area contributed by atoms with E-state index in [1.54, 1.807) is 12.1 Å². The Morgan fingerprint density at radius 2 is 2.16 bits per heavy atom. The lowest BCUT2D eigenvalue weighted by molar-refractivity contribution is 0.101. The average Bonchev–Trinajstić information content (AvgIpc) is 2.99. The number of phenolic OH excluding ortho intramolecular Hbond substituents is 1. The molecule has 0 bridgehead atoms. The Hall–Kier alpha value is -1.84. The number of Topliss-reactive ketones (excluding diaryl/α,β-unsaturated/α-hetero) is 1. The maximum atomic E-state index is 11.5. The van der Waals surface area contributed by atoms with Crippen LogP contribution in [0.3, 0.4) is 0 Å². The van der Waals surface area contributed by atoms with Crippen LogP contribution >= 0.6 is 0 Å². The number of carbonyl (C=O) groups excluding carboxylic acids is 1. The van der Waals surface area contributed by atoms with Crippen LogP contribution in [0.15, 0.2) is 12.1 Å². The predicted octanol–water partition coefficient (Wildman–Crippen LogP) is 3.20. The predicted molar refractivity (Wildman–Crippen MR) is 73.4 cm³/mol. The quantitative estimate of drug-likeness (QED) is 0.831. The van der Waals surface area contributed by atoms with E-state index in [0.29, 0.717) is 5.56 Å². The second-order valence-electron chi connectivity index (χ2n) is 5.50. The Labute approximate surface area is 111 Å². The summed E-state index contributed by atoms with van der Waals surface area (Å²) in [5.74, 6) is 0.615. The summed E-state index contributed by atoms with van der Waals surface area (Å²) in [6.45, 7) is 1.47. The Balaban J connectivity index is 2.00. The molecule has 0 aliphatic heterocycles. The van der Waals surface area contributed by atoms with Gasteiger partial charge in [-0.25, -0.2) is 0 Å². The summed E-state index contributed by atoms with van der Waals surface area (Å²) in [5.41, 5.74) is 2.20. The van der Waals surface area contributed by atoms with Gasteiger partial charge in [0.1, 0.15) is 5.75 Å². The summed E-state index contributed by atoms with van der Waals surface area (Å²) < 4.78 is 0. The number of aromatic hydroxyl groups is 1. The van der Waals surface area contributed by atoms with Crippen molar-refractivity contribution in [1.29, 1.82) is 0 Å². The fourth-order valence-corrected chi connectivity index (χ4v) is 3.04. The molecule has 0 atom stereocenters. The molecule has 100 valence electrons. The molecule has 0 radical (unpaired) electrons. The van der Waals surface area contributed by atoms with E-state index >= 15 is 0 Å². The summed E-state index contributed by atoms with van der Waals surface area (Å²) in [5, 5.41) is 18.1. The number of fused-ring (bicyclic) bond motifs is 1. The Morgan fingerprint density at radius 1 is 1.42 bits per heavy atom. The molecule has 1 aliphatic rings. The van der Waals surface area contributed by atoms with Gasteiger partial charge in [0.15, 0.2) is 5.78 Å². The van der Waals surface area contributed by atoms with Crippen LogP contribution in [0, 0.1) is 5.92 Å². The van der Waals surface area contributed by atoms with Gasteiger partial charge in [-0.05, 0) is 25.3 Å². The number of hydrogen-bond donors (Lipinski definition) is 2. The van der Waals surface area contributed by atoms with Crippen LogP contribution in [0.1, 0.15) is 48.7 Å². The van der Waals surface area contributed by atoms with Gasteiger partial charge < -0.3 is 5.11 Å². The minimum Gasteiger partial charge on any atom is -0.507 e. The van der Waals surface area contributed by atoms with E-state index in [9.17, 15) is 9.90 Å². The highest BCUT2D eigenvalue weighted by Gasteiger charge is 2.19. The van der Waals surface area contributed by atoms with Crippen LogP contribution in [0.5, 0.6) is 5.75 Å². The first-order valence-corrected chi connectivity index (χ1v) is 6.86. The first-order valence-electron chi connectivity index (χ1n) is 6.86. The smallest absolute Gasteiger partial charge is 0.163 e. The number of H-pyrrole nitrogens is 1. The lowest BCUT2D eigenvalue weighted by Crippen LogP contribution is -2.00. The molecule has 0 unspecified atom stereocenters. The van der Waals surface area contributed by atoms with Crippen molar-refractivity contribution < 1.29 is 9.90 Å². The second-order valence-corrected chi connectivity index (χ2v) is 5.50. The van der Waals surface area contributed by atoms with Crippen molar-refractivity contribution in [2.24, 2.45) is 5.92 Å². The summed E-state index contributed by atoms with van der Waals surface area (Å²) in [4.78, 5) is 11.5. The maximum Gasteiger partial charge on any atom is 0.163 e. The molecule has 4 heteroatoms. The summed E-state index contributed by atoms with van der Waals surface area (Å²) in [6, 6.07) is 3.33. The van der Waals surface area contributed by atoms with Crippen molar-refractivity contribution in [1.82, 2.24) is 10.2 Å². The summed E-state index contributed by atoms with van der Waals surface area (Å²) >= 11 is 0. The molecule has 2 N–H and O–H groups in total. The van der Waals surface area contributed by atoms with Crippen molar-refractivity contribution in [2.45, 2.75) is 39.0 Å². The number of benzene rings is 1. The minimum absolute atomic E-state index is 0.0129. The van der Waals surface area contributed by atoms with Gasteiger partial charge >= 0.3 is 0 Å². The molecule has 2 aromatic rings. The van der Waals surface area contributed by atoms with Gasteiger partial charge in [0.25, 0.3) is 0 Å². The maximum absolute atomic E-state index is 11.5. The molecule has 1 saturated carbocycles. The number of nitrogens with one attached hydrogen (secondary N) is 1. The minimum atomic E-state index is -0.118. The van der Waals surface area contributed by atoms with Crippen molar-refractivity contribution in [3.05, 3.63) is 23.4 Å². The first kappa shape index (κ1) is 12.2. The zero-order chi connectivity index (χ0) is 13.4. The van der Waals surface area contributed by atoms with Crippen molar-refractivity contribution >= 4 is 16.7 Å². The molecule has 4 nitrogen and oxygen atoms in total. The van der Waals surface area contributed by atoms with Gasteiger partial charge in [-0.15, -0.1) is 0 Å². The number of aromatic nitrogens is 2. The Morgan fingerprint density at radius 3 is 2.84 bits per heavy atom. The molecule has 1 fully saturated rings. The van der Waals surface area contributed by atoms with Crippen LogP contribution in [-0.4, -0.2) is 21.1 Å². The van der Waals surface area contributed by atoms with E-state index < -0.39 is 0 Å². The molecular formula is C15H18N2O2. The lowest BCUT2D eigenvalue weighted by Gasteiger charge is -2.07. The number of ketones is 1. The number of carbonyl (C=O) groups is 1. The van der Waals surface area contributed by atoms with Crippen LogP contribution in [0.25, 0.3) is 10.9 Å². The van der Waals surface area contributed by atoms with E-state index in [2.05, 4.69) is 10.2 Å². The standard InChI is InChI=1S/C15H18N2O2/c1-9(18)11-7-12-13(6-10-4-2-3-5-10)16-17-14(12)8-15(11)19/h7-8,10,19H,2-6H2,1H3,(H,16,17). The number of hydrogen-bond acceptors (Lipinski definition) is 3. The molecule has 1 heterocycles. The molecule has 19 heavy (non-hydrogen) atoms. The van der Waals surface area contributed by atoms with E-state index in [4.69, 9.17) is 0 Å². The largest absolute Gasteiger partial charge is 0.507 e. The van der Waals surface area contributed by atoms with Gasteiger partial charge in [-0.1, -0.05) is 25.7 Å². The highest BCUT2D eigenvalue weighted by molar-refractivity contribution is 6.01. The molecule has 1 aliphatic carbocycles. The third-order valence-electron chi connectivity index (χ3n) is 4.10. The number of aromatic amines is 1. The Kier molecular flexibility index (Phi) is 3.01. The highest BCUT2D eigenvalue weighted by Crippen LogP contribution is 2.31. The fourth-order valence-electron chi connectivity index (χ4n) is 3.04. The zero-order valence-corrected chi connectivity index (χ0v) is 11.1. The van der Waals surface area contributed by atoms with E-state index in [1.807, 2.05) is 0 Å². The molecular weight excluding hydrogens is 240 g/mol. The van der Waals surface area contributed by atoms with E-state index in [0.717, 1.165) is 28.9 Å².